The van der Waals surface area contributed by atoms with Crippen LogP contribution in [0.5, 0.6) is 0 Å². The molecule has 15 heavy (non-hydrogen) atoms. The third kappa shape index (κ3) is 2.71. The molecule has 3 heteroatoms. The molecule has 3 nitrogen and oxygen atoms in total. The van der Waals surface area contributed by atoms with Gasteiger partial charge in [-0.1, -0.05) is 0 Å². The Kier molecular flexibility index (Phi) is 3.49. The Balaban J connectivity index is 2.85. The molecule has 0 spiro atoms. The fourth-order valence-corrected chi connectivity index (χ4v) is 2.27. The third-order valence-electron chi connectivity index (χ3n) is 3.59. The second-order valence-electron chi connectivity index (χ2n) is 6.33. The molecule has 1 aliphatic heterocycles. The number of rotatable bonds is 1. The molecule has 1 atom stereocenters. The molecule has 1 saturated heterocycles. The van der Waals surface area contributed by atoms with Crippen LogP contribution in [0, 0.1) is 0 Å². The largest absolute Gasteiger partial charge is 0.395 e. The highest BCUT2D eigenvalue weighted by atomic mass is 16.3. The molecular weight excluding hydrogens is 188 g/mol. The van der Waals surface area contributed by atoms with Gasteiger partial charge in [0, 0.05) is 30.2 Å². The van der Waals surface area contributed by atoms with Gasteiger partial charge in [-0.05, 0) is 41.7 Å². The van der Waals surface area contributed by atoms with Crippen LogP contribution in [0.25, 0.3) is 0 Å². The van der Waals surface area contributed by atoms with E-state index in [9.17, 15) is 5.11 Å². The number of hydrogen-bond donors (Lipinski definition) is 1. The first-order chi connectivity index (χ1) is 6.68. The van der Waals surface area contributed by atoms with Crippen molar-refractivity contribution in [1.29, 1.82) is 0 Å². The van der Waals surface area contributed by atoms with Gasteiger partial charge in [0.05, 0.1) is 6.61 Å². The van der Waals surface area contributed by atoms with Gasteiger partial charge in [0.15, 0.2) is 0 Å². The first kappa shape index (κ1) is 12.9. The van der Waals surface area contributed by atoms with E-state index in [-0.39, 0.29) is 23.7 Å². The summed E-state index contributed by atoms with van der Waals surface area (Å²) in [6.07, 6.45) is 0. The molecule has 0 bridgehead atoms. The summed E-state index contributed by atoms with van der Waals surface area (Å²) >= 11 is 0. The molecule has 0 aliphatic carbocycles. The lowest BCUT2D eigenvalue weighted by atomic mass is 9.91. The van der Waals surface area contributed by atoms with Crippen LogP contribution in [0.15, 0.2) is 0 Å². The van der Waals surface area contributed by atoms with E-state index in [0.717, 1.165) is 13.1 Å². The highest BCUT2D eigenvalue weighted by Gasteiger charge is 2.40. The van der Waals surface area contributed by atoms with Gasteiger partial charge in [0.1, 0.15) is 0 Å². The number of nitrogens with zero attached hydrogens (tertiary/aromatic N) is 2. The quantitative estimate of drug-likeness (QED) is 0.710. The van der Waals surface area contributed by atoms with Gasteiger partial charge in [-0.15, -0.1) is 0 Å². The molecule has 1 heterocycles. The smallest absolute Gasteiger partial charge is 0.0599 e. The zero-order valence-electron chi connectivity index (χ0n) is 11.0. The van der Waals surface area contributed by atoms with Gasteiger partial charge in [-0.2, -0.15) is 0 Å². The minimum atomic E-state index is 0.131. The Morgan fingerprint density at radius 3 is 2.27 bits per heavy atom. The summed E-state index contributed by atoms with van der Waals surface area (Å²) in [6.45, 7) is 13.4. The van der Waals surface area contributed by atoms with Crippen molar-refractivity contribution in [2.24, 2.45) is 0 Å². The van der Waals surface area contributed by atoms with Gasteiger partial charge in [0.25, 0.3) is 0 Å². The Morgan fingerprint density at radius 1 is 1.33 bits per heavy atom. The Labute approximate surface area is 94.1 Å². The molecule has 1 unspecified atom stereocenters. The molecule has 1 N–H and O–H groups in total. The van der Waals surface area contributed by atoms with E-state index in [1.165, 1.54) is 0 Å². The van der Waals surface area contributed by atoms with Gasteiger partial charge in [-0.25, -0.2) is 0 Å². The van der Waals surface area contributed by atoms with Gasteiger partial charge in [0.2, 0.25) is 0 Å². The third-order valence-corrected chi connectivity index (χ3v) is 3.59. The monoisotopic (exact) mass is 214 g/mol. The zero-order valence-corrected chi connectivity index (χ0v) is 11.0. The van der Waals surface area contributed by atoms with Crippen LogP contribution < -0.4 is 0 Å². The average molecular weight is 214 g/mol. The van der Waals surface area contributed by atoms with Gasteiger partial charge in [-0.3, -0.25) is 9.80 Å². The van der Waals surface area contributed by atoms with E-state index in [1.807, 2.05) is 0 Å². The number of hydrogen-bond acceptors (Lipinski definition) is 3. The Morgan fingerprint density at radius 2 is 1.87 bits per heavy atom. The predicted molar refractivity (Wildman–Crippen MR) is 64.0 cm³/mol. The molecule has 0 amide bonds. The van der Waals surface area contributed by atoms with E-state index < -0.39 is 0 Å². The fraction of sp³-hybridized carbons (Fsp3) is 1.00. The molecule has 1 aliphatic rings. The predicted octanol–water partition coefficient (Wildman–Crippen LogP) is 1.17. The summed E-state index contributed by atoms with van der Waals surface area (Å²) in [5.74, 6) is 0. The van der Waals surface area contributed by atoms with Crippen molar-refractivity contribution in [3.63, 3.8) is 0 Å². The molecule has 1 rings (SSSR count). The van der Waals surface area contributed by atoms with Crippen molar-refractivity contribution < 1.29 is 5.11 Å². The molecule has 0 aromatic heterocycles. The van der Waals surface area contributed by atoms with Gasteiger partial charge < -0.3 is 5.11 Å². The standard InChI is InChI=1S/C12H26N2O/c1-11(2,3)14-9-12(4,5)13(6)7-10(14)8-15/h10,15H,7-9H2,1-6H3. The van der Waals surface area contributed by atoms with Crippen LogP contribution in [-0.4, -0.2) is 58.8 Å². The number of likely N-dealkylation sites (N-methyl/N-ethyl adjacent to an activating group) is 1. The molecule has 0 aromatic carbocycles. The lowest BCUT2D eigenvalue weighted by Gasteiger charge is -2.54. The maximum Gasteiger partial charge on any atom is 0.0599 e. The summed E-state index contributed by atoms with van der Waals surface area (Å²) < 4.78 is 0. The minimum Gasteiger partial charge on any atom is -0.395 e. The first-order valence-corrected chi connectivity index (χ1v) is 5.77. The highest BCUT2D eigenvalue weighted by Crippen LogP contribution is 2.28. The molecule has 90 valence electrons. The minimum absolute atomic E-state index is 0.131. The Hall–Kier alpha value is -0.120. The summed E-state index contributed by atoms with van der Waals surface area (Å²) in [5, 5.41) is 9.44. The van der Waals surface area contributed by atoms with Crippen LogP contribution in [-0.2, 0) is 0 Å². The van der Waals surface area contributed by atoms with Crippen LogP contribution >= 0.6 is 0 Å². The van der Waals surface area contributed by atoms with Crippen molar-refractivity contribution in [3.8, 4) is 0 Å². The number of aliphatic hydroxyl groups is 1. The SMILES string of the molecule is CN1CC(CO)N(C(C)(C)C)CC1(C)C. The maximum absolute atomic E-state index is 9.44. The number of piperazine rings is 1. The summed E-state index contributed by atoms with van der Waals surface area (Å²) in [5.41, 5.74) is 0.324. The van der Waals surface area contributed by atoms with Crippen molar-refractivity contribution in [1.82, 2.24) is 9.80 Å². The van der Waals surface area contributed by atoms with Crippen LogP contribution in [0.2, 0.25) is 0 Å². The average Bonchev–Trinajstić information content (AvgIpc) is 2.07. The highest BCUT2D eigenvalue weighted by molar-refractivity contribution is 4.97. The summed E-state index contributed by atoms with van der Waals surface area (Å²) in [4.78, 5) is 4.77. The van der Waals surface area contributed by atoms with Crippen molar-refractivity contribution in [2.75, 3.05) is 26.7 Å². The topological polar surface area (TPSA) is 26.7 Å². The van der Waals surface area contributed by atoms with Gasteiger partial charge >= 0.3 is 0 Å². The summed E-state index contributed by atoms with van der Waals surface area (Å²) in [7, 11) is 2.14. The van der Waals surface area contributed by atoms with E-state index in [2.05, 4.69) is 51.5 Å². The Bertz CT molecular complexity index is 220. The molecular formula is C12H26N2O. The second-order valence-corrected chi connectivity index (χ2v) is 6.33. The molecule has 0 aromatic rings. The fourth-order valence-electron chi connectivity index (χ4n) is 2.27. The summed E-state index contributed by atoms with van der Waals surface area (Å²) in [6, 6.07) is 0.267. The lowest BCUT2D eigenvalue weighted by Crippen LogP contribution is -2.66. The molecule has 0 saturated carbocycles. The number of aliphatic hydroxyl groups excluding tert-OH is 1. The van der Waals surface area contributed by atoms with E-state index in [0.29, 0.717) is 0 Å². The van der Waals surface area contributed by atoms with Crippen LogP contribution in [0.4, 0.5) is 0 Å². The van der Waals surface area contributed by atoms with E-state index in [1.54, 1.807) is 0 Å². The first-order valence-electron chi connectivity index (χ1n) is 5.77. The van der Waals surface area contributed by atoms with Crippen LogP contribution in [0.3, 0.4) is 0 Å². The van der Waals surface area contributed by atoms with Crippen molar-refractivity contribution in [2.45, 2.75) is 51.7 Å². The van der Waals surface area contributed by atoms with Crippen LogP contribution in [0.1, 0.15) is 34.6 Å². The zero-order chi connectivity index (χ0) is 11.9. The van der Waals surface area contributed by atoms with Crippen molar-refractivity contribution in [3.05, 3.63) is 0 Å². The lowest BCUT2D eigenvalue weighted by molar-refractivity contribution is -0.0623. The molecule has 0 radical (unpaired) electrons. The second kappa shape index (κ2) is 4.04. The van der Waals surface area contributed by atoms with E-state index in [4.69, 9.17) is 0 Å². The molecule has 1 fully saturated rings. The normalized spacial score (nSPS) is 29.4. The van der Waals surface area contributed by atoms with E-state index >= 15 is 0 Å². The van der Waals surface area contributed by atoms with Crippen molar-refractivity contribution >= 4 is 0 Å². The maximum atomic E-state index is 9.44.